The summed E-state index contributed by atoms with van der Waals surface area (Å²) in [6.07, 6.45) is 0.792. The van der Waals surface area contributed by atoms with Gasteiger partial charge >= 0.3 is 0 Å². The molecule has 1 amide bonds. The van der Waals surface area contributed by atoms with Gasteiger partial charge in [-0.15, -0.1) is 10.2 Å². The highest BCUT2D eigenvalue weighted by molar-refractivity contribution is 6.30. The number of carbonyl (C=O) groups is 1. The lowest BCUT2D eigenvalue weighted by Crippen LogP contribution is -2.17. The summed E-state index contributed by atoms with van der Waals surface area (Å²) >= 11 is 6.64. The van der Waals surface area contributed by atoms with Crippen LogP contribution in [0.5, 0.6) is 0 Å². The average Bonchev–Trinajstić information content (AvgIpc) is 3.38. The molecule has 3 aromatic carbocycles. The smallest absolute Gasteiger partial charge is 0.248 e. The average molecular weight is 499 g/mol. The highest BCUT2D eigenvalue weighted by Gasteiger charge is 2.19. The molecule has 0 aliphatic heterocycles. The zero-order valence-corrected chi connectivity index (χ0v) is 20.5. The lowest BCUT2D eigenvalue weighted by Gasteiger charge is -2.18. The molecule has 0 saturated carbocycles. The van der Waals surface area contributed by atoms with Crippen molar-refractivity contribution in [3.63, 3.8) is 0 Å². The van der Waals surface area contributed by atoms with Gasteiger partial charge in [0.25, 0.3) is 0 Å². The number of hydrogen-bond acceptors (Lipinski definition) is 7. The minimum absolute atomic E-state index is 0.340. The topological polar surface area (TPSA) is 127 Å². The molecule has 36 heavy (non-hydrogen) atoms. The zero-order valence-electron chi connectivity index (χ0n) is 19.7. The molecule has 10 heteroatoms. The second kappa shape index (κ2) is 9.71. The van der Waals surface area contributed by atoms with Gasteiger partial charge in [-0.05, 0) is 39.6 Å². The number of H-pyrrole nitrogens is 1. The summed E-state index contributed by atoms with van der Waals surface area (Å²) in [5.74, 6) is 1.29. The van der Waals surface area contributed by atoms with Gasteiger partial charge in [0.15, 0.2) is 5.82 Å². The predicted molar refractivity (Wildman–Crippen MR) is 139 cm³/mol. The Labute approximate surface area is 212 Å². The van der Waals surface area contributed by atoms with Gasteiger partial charge in [-0.3, -0.25) is 4.79 Å². The third-order valence-electron chi connectivity index (χ3n) is 5.93. The number of nitrogens with two attached hydrogens (primary N) is 1. The number of halogens is 1. The molecule has 0 bridgehead atoms. The molecular formula is C26H23ClN8O. The fourth-order valence-electron chi connectivity index (χ4n) is 4.29. The van der Waals surface area contributed by atoms with Crippen LogP contribution in [-0.2, 0) is 12.8 Å². The second-order valence-electron chi connectivity index (χ2n) is 8.58. The van der Waals surface area contributed by atoms with Crippen LogP contribution in [-0.4, -0.2) is 50.6 Å². The van der Waals surface area contributed by atoms with E-state index in [1.165, 1.54) is 0 Å². The number of aromatic nitrogens is 6. The molecule has 3 N–H and O–H groups in total. The van der Waals surface area contributed by atoms with Crippen molar-refractivity contribution < 1.29 is 4.79 Å². The van der Waals surface area contributed by atoms with E-state index in [2.05, 4.69) is 25.6 Å². The molecule has 0 saturated heterocycles. The quantitative estimate of drug-likeness (QED) is 0.327. The number of nitrogens with zero attached hydrogens (tertiary/aromatic N) is 6. The van der Waals surface area contributed by atoms with Crippen LogP contribution in [0, 0.1) is 0 Å². The minimum atomic E-state index is -0.470. The molecule has 5 aromatic rings. The molecule has 2 heterocycles. The summed E-state index contributed by atoms with van der Waals surface area (Å²) in [5.41, 5.74) is 9.71. The lowest BCUT2D eigenvalue weighted by atomic mass is 9.91. The number of anilines is 1. The lowest BCUT2D eigenvalue weighted by molar-refractivity contribution is 0.100. The zero-order chi connectivity index (χ0) is 25.2. The Hall–Kier alpha value is -4.37. The summed E-state index contributed by atoms with van der Waals surface area (Å²) < 4.78 is 0. The summed E-state index contributed by atoms with van der Waals surface area (Å²) in [5, 5.41) is 16.4. The van der Waals surface area contributed by atoms with Crippen LogP contribution in [0.4, 0.5) is 5.82 Å². The summed E-state index contributed by atoms with van der Waals surface area (Å²) in [6.45, 7) is 0. The Morgan fingerprint density at radius 3 is 2.50 bits per heavy atom. The first-order valence-corrected chi connectivity index (χ1v) is 11.6. The Morgan fingerprint density at radius 2 is 1.75 bits per heavy atom. The Balaban J connectivity index is 1.59. The van der Waals surface area contributed by atoms with Gasteiger partial charge in [0.2, 0.25) is 5.91 Å². The van der Waals surface area contributed by atoms with Crippen LogP contribution < -0.4 is 10.6 Å². The predicted octanol–water partition coefficient (Wildman–Crippen LogP) is 3.81. The molecule has 0 aliphatic carbocycles. The molecular weight excluding hydrogens is 476 g/mol. The minimum Gasteiger partial charge on any atom is -0.366 e. The standard InChI is InChI=1S/C26H23ClN8O/c1-35(2)26-21(14-23-31-33-34-32-23)24(27)29-22(30-26)13-16-8-4-6-10-19(16)20-12-17(25(28)36)11-15-7-3-5-9-18(15)20/h3-12H,13-14H2,1-2H3,(H2,28,36)(H,31,32,33,34). The van der Waals surface area contributed by atoms with E-state index in [1.54, 1.807) is 0 Å². The van der Waals surface area contributed by atoms with E-state index in [0.717, 1.165) is 33.0 Å². The number of fused-ring (bicyclic) bond motifs is 1. The van der Waals surface area contributed by atoms with Crippen molar-refractivity contribution in [2.24, 2.45) is 5.73 Å². The van der Waals surface area contributed by atoms with Crippen molar-refractivity contribution in [1.29, 1.82) is 0 Å². The van der Waals surface area contributed by atoms with Gasteiger partial charge in [0.1, 0.15) is 16.8 Å². The maximum atomic E-state index is 12.1. The first-order valence-electron chi connectivity index (χ1n) is 11.3. The van der Waals surface area contributed by atoms with Gasteiger partial charge < -0.3 is 10.6 Å². The second-order valence-corrected chi connectivity index (χ2v) is 8.93. The third-order valence-corrected chi connectivity index (χ3v) is 6.24. The number of carbonyl (C=O) groups excluding carboxylic acids is 1. The molecule has 0 radical (unpaired) electrons. The maximum absolute atomic E-state index is 12.1. The van der Waals surface area contributed by atoms with E-state index in [4.69, 9.17) is 22.3 Å². The molecule has 0 spiro atoms. The maximum Gasteiger partial charge on any atom is 0.248 e. The number of nitrogens with one attached hydrogen (secondary N) is 1. The van der Waals surface area contributed by atoms with Gasteiger partial charge in [-0.25, -0.2) is 9.97 Å². The SMILES string of the molecule is CN(C)c1nc(Cc2ccccc2-c2cc(C(N)=O)cc3ccccc23)nc(Cl)c1Cc1nn[nH]n1. The van der Waals surface area contributed by atoms with Gasteiger partial charge in [0.05, 0.1) is 0 Å². The summed E-state index contributed by atoms with van der Waals surface area (Å²) in [6, 6.07) is 19.6. The molecule has 180 valence electrons. The first-order chi connectivity index (χ1) is 17.4. The van der Waals surface area contributed by atoms with Crippen molar-refractivity contribution in [1.82, 2.24) is 30.6 Å². The largest absolute Gasteiger partial charge is 0.366 e. The first kappa shape index (κ1) is 23.4. The van der Waals surface area contributed by atoms with Crippen LogP contribution in [0.2, 0.25) is 5.15 Å². The number of primary amides is 1. The van der Waals surface area contributed by atoms with Gasteiger partial charge in [-0.1, -0.05) is 65.3 Å². The fourth-order valence-corrected chi connectivity index (χ4v) is 4.54. The van der Waals surface area contributed by atoms with E-state index >= 15 is 0 Å². The summed E-state index contributed by atoms with van der Waals surface area (Å²) in [7, 11) is 3.80. The third kappa shape index (κ3) is 4.60. The highest BCUT2D eigenvalue weighted by Crippen LogP contribution is 2.34. The highest BCUT2D eigenvalue weighted by atomic mass is 35.5. The number of aromatic amines is 1. The number of benzene rings is 3. The van der Waals surface area contributed by atoms with Crippen LogP contribution in [0.3, 0.4) is 0 Å². The molecule has 0 aliphatic rings. The Kier molecular flexibility index (Phi) is 6.30. The summed E-state index contributed by atoms with van der Waals surface area (Å²) in [4.78, 5) is 23.4. The number of tetrazole rings is 1. The van der Waals surface area contributed by atoms with Gasteiger partial charge in [-0.2, -0.15) is 5.21 Å². The van der Waals surface area contributed by atoms with E-state index < -0.39 is 5.91 Å². The fraction of sp³-hybridized carbons (Fsp3) is 0.154. The molecule has 0 atom stereocenters. The van der Waals surface area contributed by atoms with E-state index in [-0.39, 0.29) is 0 Å². The monoisotopic (exact) mass is 498 g/mol. The van der Waals surface area contributed by atoms with Crippen molar-refractivity contribution in [2.45, 2.75) is 12.8 Å². The Bertz CT molecular complexity index is 1570. The van der Waals surface area contributed by atoms with Crippen LogP contribution in [0.15, 0.2) is 60.7 Å². The van der Waals surface area contributed by atoms with Gasteiger partial charge in [0, 0.05) is 38.1 Å². The molecule has 0 fully saturated rings. The van der Waals surface area contributed by atoms with E-state index in [1.807, 2.05) is 79.7 Å². The normalized spacial score (nSPS) is 11.1. The van der Waals surface area contributed by atoms with Crippen LogP contribution >= 0.6 is 11.6 Å². The van der Waals surface area contributed by atoms with Crippen molar-refractivity contribution in [3.8, 4) is 11.1 Å². The molecule has 2 aromatic heterocycles. The van der Waals surface area contributed by atoms with Crippen molar-refractivity contribution >= 4 is 34.1 Å². The number of amides is 1. The van der Waals surface area contributed by atoms with Crippen LogP contribution in [0.1, 0.15) is 33.1 Å². The molecule has 0 unspecified atom stereocenters. The van der Waals surface area contributed by atoms with E-state index in [0.29, 0.717) is 41.0 Å². The molecule has 5 rings (SSSR count). The molecule has 9 nitrogen and oxygen atoms in total. The van der Waals surface area contributed by atoms with Crippen LogP contribution in [0.25, 0.3) is 21.9 Å². The van der Waals surface area contributed by atoms with Crippen molar-refractivity contribution in [2.75, 3.05) is 19.0 Å². The number of rotatable bonds is 7. The Morgan fingerprint density at radius 1 is 0.972 bits per heavy atom. The van der Waals surface area contributed by atoms with E-state index in [9.17, 15) is 4.79 Å². The van der Waals surface area contributed by atoms with Crippen molar-refractivity contribution in [3.05, 3.63) is 94.2 Å². The number of hydrogen-bond donors (Lipinski definition) is 2.